The van der Waals surface area contributed by atoms with E-state index in [1.54, 1.807) is 12.1 Å². The second-order valence-electron chi connectivity index (χ2n) is 6.65. The van der Waals surface area contributed by atoms with Gasteiger partial charge in [-0.15, -0.1) is 0 Å². The van der Waals surface area contributed by atoms with E-state index in [-0.39, 0.29) is 42.8 Å². The first-order valence-corrected chi connectivity index (χ1v) is 8.59. The van der Waals surface area contributed by atoms with Gasteiger partial charge in [-0.1, -0.05) is 30.3 Å². The van der Waals surface area contributed by atoms with Crippen molar-refractivity contribution >= 4 is 23.7 Å². The van der Waals surface area contributed by atoms with Crippen LogP contribution in [0.15, 0.2) is 41.5 Å². The zero-order valence-electron chi connectivity index (χ0n) is 15.2. The number of esters is 3. The molecule has 1 aromatic carbocycles. The molecule has 1 aromatic rings. The van der Waals surface area contributed by atoms with Gasteiger partial charge in [-0.25, -0.2) is 9.59 Å². The topological polar surface area (TPSA) is 96.0 Å². The molecule has 0 aromatic heterocycles. The maximum Gasteiger partial charge on any atom is 0.335 e. The fraction of sp³-hybridized carbons (Fsp3) is 0.400. The number of carbonyl (C=O) groups excluding carboxylic acids is 4. The zero-order chi connectivity index (χ0) is 19.6. The lowest BCUT2D eigenvalue weighted by molar-refractivity contribution is -0.164. The Morgan fingerprint density at radius 3 is 2.33 bits per heavy atom. The molecule has 3 aliphatic carbocycles. The number of Topliss-reactive ketones (excluding diaryl/α,β-unsaturated/α-hetero) is 1. The number of carbonyl (C=O) groups is 4. The zero-order valence-corrected chi connectivity index (χ0v) is 15.2. The van der Waals surface area contributed by atoms with Gasteiger partial charge in [0, 0.05) is 6.42 Å². The molecule has 7 heteroatoms. The molecule has 0 heterocycles. The van der Waals surface area contributed by atoms with E-state index in [0.717, 1.165) is 19.8 Å². The van der Waals surface area contributed by atoms with Gasteiger partial charge in [-0.2, -0.15) is 0 Å². The van der Waals surface area contributed by atoms with E-state index in [1.807, 2.05) is 18.2 Å². The number of hydrogen-bond acceptors (Lipinski definition) is 7. The quantitative estimate of drug-likeness (QED) is 0.574. The molecule has 2 atom stereocenters. The second-order valence-corrected chi connectivity index (χ2v) is 6.65. The van der Waals surface area contributed by atoms with Crippen molar-refractivity contribution in [2.45, 2.75) is 25.9 Å². The van der Waals surface area contributed by atoms with E-state index < -0.39 is 29.2 Å². The molecule has 7 nitrogen and oxygen atoms in total. The Hall–Kier alpha value is -2.96. The van der Waals surface area contributed by atoms with Crippen molar-refractivity contribution in [2.24, 2.45) is 11.3 Å². The Kier molecular flexibility index (Phi) is 5.12. The Morgan fingerprint density at radius 2 is 1.74 bits per heavy atom. The summed E-state index contributed by atoms with van der Waals surface area (Å²) in [5.41, 5.74) is -0.929. The third-order valence-corrected chi connectivity index (χ3v) is 5.22. The standard InChI is InChI=1S/C20H20O7/c1-25-17(22)15-13-8-9-20(10-14(13)21,16(15)18(23)26-2)19(24)27-11-12-6-4-3-5-7-12/h3-7,13H,8-11H2,1-2H3/t13-,20-/m0/s1. The van der Waals surface area contributed by atoms with Crippen LogP contribution in [0, 0.1) is 11.3 Å². The summed E-state index contributed by atoms with van der Waals surface area (Å²) >= 11 is 0. The molecule has 1 saturated carbocycles. The van der Waals surface area contributed by atoms with Gasteiger partial charge in [0.15, 0.2) is 0 Å². The maximum absolute atomic E-state index is 13.0. The van der Waals surface area contributed by atoms with Gasteiger partial charge in [0.25, 0.3) is 0 Å². The summed E-state index contributed by atoms with van der Waals surface area (Å²) in [5.74, 6) is -3.35. The summed E-state index contributed by atoms with van der Waals surface area (Å²) in [6.45, 7) is 0.00104. The van der Waals surface area contributed by atoms with Gasteiger partial charge in [-0.3, -0.25) is 9.59 Å². The molecule has 4 rings (SSSR count). The smallest absolute Gasteiger partial charge is 0.335 e. The summed E-state index contributed by atoms with van der Waals surface area (Å²) in [4.78, 5) is 50.3. The molecular formula is C20H20O7. The van der Waals surface area contributed by atoms with Crippen molar-refractivity contribution in [1.29, 1.82) is 0 Å². The minimum atomic E-state index is -1.52. The summed E-state index contributed by atoms with van der Waals surface area (Å²) in [7, 11) is 2.33. The molecule has 0 amide bonds. The highest BCUT2D eigenvalue weighted by Crippen LogP contribution is 2.53. The second kappa shape index (κ2) is 7.34. The minimum Gasteiger partial charge on any atom is -0.466 e. The van der Waals surface area contributed by atoms with Crippen molar-refractivity contribution < 1.29 is 33.4 Å². The fourth-order valence-electron chi connectivity index (χ4n) is 3.91. The van der Waals surface area contributed by atoms with Crippen LogP contribution in [0.4, 0.5) is 0 Å². The monoisotopic (exact) mass is 372 g/mol. The molecule has 0 saturated heterocycles. The molecule has 0 N–H and O–H groups in total. The number of ether oxygens (including phenoxy) is 3. The molecular weight excluding hydrogens is 352 g/mol. The first-order valence-electron chi connectivity index (χ1n) is 8.59. The van der Waals surface area contributed by atoms with E-state index in [9.17, 15) is 19.2 Å². The van der Waals surface area contributed by atoms with Gasteiger partial charge in [0.2, 0.25) is 0 Å². The largest absolute Gasteiger partial charge is 0.466 e. The van der Waals surface area contributed by atoms with Crippen molar-refractivity contribution in [3.63, 3.8) is 0 Å². The van der Waals surface area contributed by atoms with Crippen molar-refractivity contribution in [3.8, 4) is 0 Å². The number of methoxy groups -OCH3 is 2. The van der Waals surface area contributed by atoms with Crippen LogP contribution in [0.25, 0.3) is 0 Å². The van der Waals surface area contributed by atoms with E-state index in [1.165, 1.54) is 0 Å². The van der Waals surface area contributed by atoms with Crippen LogP contribution in [0.1, 0.15) is 24.8 Å². The first-order chi connectivity index (χ1) is 12.9. The van der Waals surface area contributed by atoms with E-state index in [2.05, 4.69) is 0 Å². The van der Waals surface area contributed by atoms with Crippen LogP contribution in [-0.2, 0) is 40.0 Å². The van der Waals surface area contributed by atoms with Gasteiger partial charge < -0.3 is 14.2 Å². The SMILES string of the molecule is COC(=O)C1=C(C(=O)OC)[C@]2(C(=O)OCc3ccccc3)CC[C@H]1C(=O)C2. The van der Waals surface area contributed by atoms with Crippen molar-refractivity contribution in [1.82, 2.24) is 0 Å². The summed E-state index contributed by atoms with van der Waals surface area (Å²) in [6, 6.07) is 9.05. The minimum absolute atomic E-state index is 0.00104. The predicted molar refractivity (Wildman–Crippen MR) is 92.1 cm³/mol. The van der Waals surface area contributed by atoms with Gasteiger partial charge >= 0.3 is 17.9 Å². The highest BCUT2D eigenvalue weighted by Gasteiger charge is 2.60. The van der Waals surface area contributed by atoms with Crippen LogP contribution in [-0.4, -0.2) is 37.9 Å². The van der Waals surface area contributed by atoms with Gasteiger partial charge in [0.1, 0.15) is 17.8 Å². The average Bonchev–Trinajstić information content (AvgIpc) is 2.71. The van der Waals surface area contributed by atoms with Crippen LogP contribution < -0.4 is 0 Å². The highest BCUT2D eigenvalue weighted by molar-refractivity contribution is 6.13. The number of benzene rings is 1. The van der Waals surface area contributed by atoms with E-state index in [0.29, 0.717) is 0 Å². The van der Waals surface area contributed by atoms with Crippen LogP contribution in [0.5, 0.6) is 0 Å². The lowest BCUT2D eigenvalue weighted by atomic mass is 9.57. The average molecular weight is 372 g/mol. The Labute approximate surface area is 156 Å². The van der Waals surface area contributed by atoms with E-state index >= 15 is 0 Å². The van der Waals surface area contributed by atoms with Gasteiger partial charge in [-0.05, 0) is 18.4 Å². The summed E-state index contributed by atoms with van der Waals surface area (Å²) in [6.07, 6.45) is 0.336. The van der Waals surface area contributed by atoms with Crippen LogP contribution in [0.3, 0.4) is 0 Å². The normalized spacial score (nSPS) is 23.8. The first kappa shape index (κ1) is 18.8. The molecule has 3 aliphatic rings. The molecule has 2 bridgehead atoms. The molecule has 142 valence electrons. The number of fused-ring (bicyclic) bond motifs is 2. The lowest BCUT2D eigenvalue weighted by Crippen LogP contribution is -2.51. The van der Waals surface area contributed by atoms with E-state index in [4.69, 9.17) is 14.2 Å². The molecule has 27 heavy (non-hydrogen) atoms. The molecule has 0 aliphatic heterocycles. The van der Waals surface area contributed by atoms with Crippen LogP contribution in [0.2, 0.25) is 0 Å². The number of rotatable bonds is 5. The Balaban J connectivity index is 2.01. The number of ketones is 1. The molecule has 1 fully saturated rings. The van der Waals surface area contributed by atoms with Crippen molar-refractivity contribution in [3.05, 3.63) is 47.0 Å². The third kappa shape index (κ3) is 3.13. The predicted octanol–water partition coefficient (Wildman–Crippen LogP) is 1.74. The molecule has 0 unspecified atom stereocenters. The van der Waals surface area contributed by atoms with Crippen molar-refractivity contribution in [2.75, 3.05) is 14.2 Å². The number of hydrogen-bond donors (Lipinski definition) is 0. The van der Waals surface area contributed by atoms with Gasteiger partial charge in [0.05, 0.1) is 31.3 Å². The molecule has 0 spiro atoms. The molecule has 0 radical (unpaired) electrons. The third-order valence-electron chi connectivity index (χ3n) is 5.22. The highest BCUT2D eigenvalue weighted by atomic mass is 16.5. The lowest BCUT2D eigenvalue weighted by Gasteiger charge is -2.44. The summed E-state index contributed by atoms with van der Waals surface area (Å²) < 4.78 is 15.0. The Bertz CT molecular complexity index is 824. The fourth-order valence-corrected chi connectivity index (χ4v) is 3.91. The summed E-state index contributed by atoms with van der Waals surface area (Å²) in [5, 5.41) is 0. The van der Waals surface area contributed by atoms with Crippen LogP contribution >= 0.6 is 0 Å². The Morgan fingerprint density at radius 1 is 1.07 bits per heavy atom. The maximum atomic E-state index is 13.0.